The van der Waals surface area contributed by atoms with E-state index in [1.807, 2.05) is 19.2 Å². The minimum atomic E-state index is 0.454. The van der Waals surface area contributed by atoms with E-state index in [1.165, 1.54) is 19.3 Å². The average molecular weight is 314 g/mol. The molecule has 2 rings (SSSR count). The van der Waals surface area contributed by atoms with Crippen molar-refractivity contribution >= 4 is 5.82 Å². The van der Waals surface area contributed by atoms with Gasteiger partial charge in [0.1, 0.15) is 5.82 Å². The molecule has 4 nitrogen and oxygen atoms in total. The molecular formula is C19H30N4. The van der Waals surface area contributed by atoms with Crippen LogP contribution in [0.4, 0.5) is 5.82 Å². The molecule has 1 aromatic rings. The van der Waals surface area contributed by atoms with E-state index >= 15 is 0 Å². The Morgan fingerprint density at radius 3 is 2.78 bits per heavy atom. The smallest absolute Gasteiger partial charge is 0.145 e. The molecule has 1 aliphatic carbocycles. The predicted molar refractivity (Wildman–Crippen MR) is 97.5 cm³/mol. The van der Waals surface area contributed by atoms with E-state index in [-0.39, 0.29) is 0 Å². The first-order chi connectivity index (χ1) is 11.2. The summed E-state index contributed by atoms with van der Waals surface area (Å²) >= 11 is 0. The van der Waals surface area contributed by atoms with E-state index in [0.29, 0.717) is 12.1 Å². The Hall–Kier alpha value is -1.84. The highest BCUT2D eigenvalue weighted by Gasteiger charge is 2.22. The van der Waals surface area contributed by atoms with Crippen LogP contribution in [0, 0.1) is 6.92 Å². The molecular weight excluding hydrogens is 284 g/mol. The third kappa shape index (κ3) is 5.08. The molecule has 2 unspecified atom stereocenters. The molecule has 0 bridgehead atoms. The number of aromatic nitrogens is 2. The van der Waals surface area contributed by atoms with Gasteiger partial charge in [-0.25, -0.2) is 4.98 Å². The van der Waals surface area contributed by atoms with Crippen LogP contribution in [0.1, 0.15) is 57.3 Å². The Morgan fingerprint density at radius 2 is 2.13 bits per heavy atom. The molecule has 1 aliphatic rings. The van der Waals surface area contributed by atoms with Gasteiger partial charge in [-0.3, -0.25) is 4.98 Å². The lowest BCUT2D eigenvalue weighted by molar-refractivity contribution is 0.372. The summed E-state index contributed by atoms with van der Waals surface area (Å²) in [5.74, 6) is 0.901. The molecule has 0 aromatic carbocycles. The van der Waals surface area contributed by atoms with Crippen LogP contribution in [0.25, 0.3) is 0 Å². The van der Waals surface area contributed by atoms with Crippen molar-refractivity contribution < 1.29 is 0 Å². The molecule has 0 aliphatic heterocycles. The van der Waals surface area contributed by atoms with Gasteiger partial charge < -0.3 is 10.6 Å². The molecule has 1 fully saturated rings. The predicted octanol–water partition coefficient (Wildman–Crippen LogP) is 4.14. The van der Waals surface area contributed by atoms with E-state index in [9.17, 15) is 0 Å². The molecule has 1 saturated carbocycles. The van der Waals surface area contributed by atoms with Crippen molar-refractivity contribution in [2.24, 2.45) is 0 Å². The lowest BCUT2D eigenvalue weighted by atomic mass is 9.90. The number of nitrogens with zero attached hydrogens (tertiary/aromatic N) is 2. The van der Waals surface area contributed by atoms with Crippen molar-refractivity contribution in [1.29, 1.82) is 0 Å². The topological polar surface area (TPSA) is 49.8 Å². The zero-order valence-corrected chi connectivity index (χ0v) is 14.7. The summed E-state index contributed by atoms with van der Waals surface area (Å²) in [4.78, 5) is 9.15. The van der Waals surface area contributed by atoms with Gasteiger partial charge in [0.05, 0.1) is 17.6 Å². The molecule has 0 radical (unpaired) electrons. The summed E-state index contributed by atoms with van der Waals surface area (Å²) in [6, 6.07) is 0.955. The minimum absolute atomic E-state index is 0.454. The van der Waals surface area contributed by atoms with Gasteiger partial charge in [0.15, 0.2) is 0 Å². The SMILES string of the molecule is C=C/C(=C\CC)NC1CCCC(Nc2cnc(CC)c(C)n2)C1. The van der Waals surface area contributed by atoms with Crippen LogP contribution in [-0.4, -0.2) is 22.1 Å². The minimum Gasteiger partial charge on any atom is -0.383 e. The highest BCUT2D eigenvalue weighted by molar-refractivity contribution is 5.35. The summed E-state index contributed by atoms with van der Waals surface area (Å²) < 4.78 is 0. The van der Waals surface area contributed by atoms with Gasteiger partial charge in [-0.15, -0.1) is 0 Å². The quantitative estimate of drug-likeness (QED) is 0.743. The van der Waals surface area contributed by atoms with Crippen LogP contribution >= 0.6 is 0 Å². The standard InChI is InChI=1S/C19H30N4/c1-5-9-15(6-2)22-16-10-8-11-17(12-16)23-19-13-20-18(7-3)14(4)21-19/h6,9,13,16-17,22H,2,5,7-8,10-12H2,1,3-4H3,(H,21,23)/b15-9+. The van der Waals surface area contributed by atoms with E-state index in [0.717, 1.165) is 42.2 Å². The van der Waals surface area contributed by atoms with Crippen LogP contribution in [0.15, 0.2) is 30.6 Å². The molecule has 126 valence electrons. The van der Waals surface area contributed by atoms with Gasteiger partial charge in [-0.05, 0) is 51.5 Å². The molecule has 0 amide bonds. The highest BCUT2D eigenvalue weighted by Crippen LogP contribution is 2.22. The van der Waals surface area contributed by atoms with E-state index in [4.69, 9.17) is 0 Å². The second-order valence-electron chi connectivity index (χ2n) is 6.26. The van der Waals surface area contributed by atoms with E-state index in [1.54, 1.807) is 0 Å². The second kappa shape index (κ2) is 8.70. The first-order valence-electron chi connectivity index (χ1n) is 8.84. The van der Waals surface area contributed by atoms with Gasteiger partial charge in [-0.2, -0.15) is 0 Å². The van der Waals surface area contributed by atoms with Gasteiger partial charge in [-0.1, -0.05) is 26.5 Å². The van der Waals surface area contributed by atoms with Crippen molar-refractivity contribution in [3.8, 4) is 0 Å². The maximum Gasteiger partial charge on any atom is 0.145 e. The van der Waals surface area contributed by atoms with Crippen molar-refractivity contribution in [3.05, 3.63) is 42.0 Å². The lowest BCUT2D eigenvalue weighted by Crippen LogP contribution is -2.38. The zero-order valence-electron chi connectivity index (χ0n) is 14.7. The molecule has 2 N–H and O–H groups in total. The number of anilines is 1. The molecule has 1 aromatic heterocycles. The van der Waals surface area contributed by atoms with Crippen LogP contribution in [0.3, 0.4) is 0 Å². The maximum atomic E-state index is 4.65. The molecule has 0 saturated heterocycles. The van der Waals surface area contributed by atoms with Gasteiger partial charge in [0.2, 0.25) is 0 Å². The Bertz CT molecular complexity index is 550. The lowest BCUT2D eigenvalue weighted by Gasteiger charge is -2.31. The number of rotatable bonds is 7. The van der Waals surface area contributed by atoms with Crippen molar-refractivity contribution in [1.82, 2.24) is 15.3 Å². The third-order valence-electron chi connectivity index (χ3n) is 4.42. The first kappa shape index (κ1) is 17.5. The highest BCUT2D eigenvalue weighted by atomic mass is 15.1. The second-order valence-corrected chi connectivity index (χ2v) is 6.26. The van der Waals surface area contributed by atoms with Crippen LogP contribution < -0.4 is 10.6 Å². The van der Waals surface area contributed by atoms with Crippen molar-refractivity contribution in [2.75, 3.05) is 5.32 Å². The summed E-state index contributed by atoms with van der Waals surface area (Å²) in [6.07, 6.45) is 12.7. The van der Waals surface area contributed by atoms with Gasteiger partial charge in [0.25, 0.3) is 0 Å². The molecule has 23 heavy (non-hydrogen) atoms. The average Bonchev–Trinajstić information content (AvgIpc) is 2.55. The molecule has 1 heterocycles. The zero-order chi connectivity index (χ0) is 16.7. The number of allylic oxidation sites excluding steroid dienone is 2. The van der Waals surface area contributed by atoms with Crippen molar-refractivity contribution in [3.63, 3.8) is 0 Å². The van der Waals surface area contributed by atoms with Crippen LogP contribution in [-0.2, 0) is 6.42 Å². The summed E-state index contributed by atoms with van der Waals surface area (Å²) in [6.45, 7) is 10.2. The monoisotopic (exact) mass is 314 g/mol. The van der Waals surface area contributed by atoms with E-state index < -0.39 is 0 Å². The Kier molecular flexibility index (Phi) is 6.63. The maximum absolute atomic E-state index is 4.65. The molecule has 4 heteroatoms. The Balaban J connectivity index is 1.94. The normalized spacial score (nSPS) is 21.8. The van der Waals surface area contributed by atoms with Gasteiger partial charge in [0, 0.05) is 17.8 Å². The fourth-order valence-corrected chi connectivity index (χ4v) is 3.24. The van der Waals surface area contributed by atoms with Crippen LogP contribution in [0.5, 0.6) is 0 Å². The fourth-order valence-electron chi connectivity index (χ4n) is 3.24. The number of hydrogen-bond acceptors (Lipinski definition) is 4. The largest absolute Gasteiger partial charge is 0.383 e. The summed E-state index contributed by atoms with van der Waals surface area (Å²) in [5.41, 5.74) is 3.27. The summed E-state index contributed by atoms with van der Waals surface area (Å²) in [5, 5.41) is 7.19. The molecule has 0 spiro atoms. The first-order valence-corrected chi connectivity index (χ1v) is 8.84. The third-order valence-corrected chi connectivity index (χ3v) is 4.42. The Morgan fingerprint density at radius 1 is 1.35 bits per heavy atom. The number of hydrogen-bond donors (Lipinski definition) is 2. The van der Waals surface area contributed by atoms with Crippen LogP contribution in [0.2, 0.25) is 0 Å². The number of nitrogens with one attached hydrogen (secondary N) is 2. The molecule has 2 atom stereocenters. The van der Waals surface area contributed by atoms with Crippen molar-refractivity contribution in [2.45, 2.75) is 71.4 Å². The summed E-state index contributed by atoms with van der Waals surface area (Å²) in [7, 11) is 0. The number of aryl methyl sites for hydroxylation is 2. The Labute approximate surface area is 140 Å². The fraction of sp³-hybridized carbons (Fsp3) is 0.579. The van der Waals surface area contributed by atoms with E-state index in [2.05, 4.69) is 47.1 Å². The van der Waals surface area contributed by atoms with Gasteiger partial charge >= 0.3 is 0 Å².